The number of hydrogen-bond donors (Lipinski definition) is 2. The van der Waals surface area contributed by atoms with Crippen molar-refractivity contribution in [2.75, 3.05) is 29.9 Å². The van der Waals surface area contributed by atoms with Crippen molar-refractivity contribution >= 4 is 34.0 Å². The van der Waals surface area contributed by atoms with E-state index in [1.807, 2.05) is 43.5 Å². The van der Waals surface area contributed by atoms with Gasteiger partial charge in [-0.1, -0.05) is 17.4 Å². The molecule has 1 amide bonds. The highest BCUT2D eigenvalue weighted by Gasteiger charge is 2.21. The van der Waals surface area contributed by atoms with Crippen molar-refractivity contribution in [1.29, 1.82) is 0 Å². The van der Waals surface area contributed by atoms with E-state index in [-0.39, 0.29) is 5.91 Å². The van der Waals surface area contributed by atoms with E-state index in [1.54, 1.807) is 24.5 Å². The number of pyridine rings is 2. The number of aryl methyl sites for hydroxylation is 1. The smallest absolute Gasteiger partial charge is 0.216 e. The molecule has 7 nitrogen and oxygen atoms in total. The lowest BCUT2D eigenvalue weighted by Gasteiger charge is -2.31. The van der Waals surface area contributed by atoms with Gasteiger partial charge in [-0.3, -0.25) is 4.79 Å². The molecule has 0 spiro atoms. The lowest BCUT2D eigenvalue weighted by Crippen LogP contribution is -2.38. The van der Waals surface area contributed by atoms with Gasteiger partial charge in [0.05, 0.1) is 10.6 Å². The Morgan fingerprint density at radius 3 is 2.80 bits per heavy atom. The van der Waals surface area contributed by atoms with Crippen LogP contribution < -0.4 is 15.5 Å². The van der Waals surface area contributed by atoms with Crippen LogP contribution in [0.5, 0.6) is 0 Å². The van der Waals surface area contributed by atoms with Gasteiger partial charge in [-0.25, -0.2) is 15.0 Å². The molecule has 0 bridgehead atoms. The molecule has 0 aliphatic carbocycles. The second-order valence-electron chi connectivity index (χ2n) is 7.63. The van der Waals surface area contributed by atoms with Crippen molar-refractivity contribution < 1.29 is 4.79 Å². The monoisotopic (exact) mass is 422 g/mol. The van der Waals surface area contributed by atoms with E-state index < -0.39 is 0 Å². The quantitative estimate of drug-likeness (QED) is 0.625. The predicted molar refractivity (Wildman–Crippen MR) is 121 cm³/mol. The van der Waals surface area contributed by atoms with Crippen LogP contribution in [0.3, 0.4) is 0 Å². The summed E-state index contributed by atoms with van der Waals surface area (Å²) < 4.78 is 0. The molecular weight excluding hydrogens is 396 g/mol. The highest BCUT2D eigenvalue weighted by atomic mass is 32.1. The van der Waals surface area contributed by atoms with Gasteiger partial charge < -0.3 is 15.5 Å². The van der Waals surface area contributed by atoms with Gasteiger partial charge in [-0.15, -0.1) is 0 Å². The molecule has 2 N–H and O–H groups in total. The van der Waals surface area contributed by atoms with Crippen molar-refractivity contribution in [1.82, 2.24) is 20.3 Å². The number of nitrogens with zero attached hydrogens (tertiary/aromatic N) is 4. The third-order valence-electron chi connectivity index (χ3n) is 5.19. The van der Waals surface area contributed by atoms with Crippen LogP contribution in [0.15, 0.2) is 42.7 Å². The Morgan fingerprint density at radius 1 is 1.20 bits per heavy atom. The van der Waals surface area contributed by atoms with Crippen molar-refractivity contribution in [3.05, 3.63) is 48.3 Å². The summed E-state index contributed by atoms with van der Waals surface area (Å²) in [5, 5.41) is 7.23. The molecule has 3 aromatic rings. The Kier molecular flexibility index (Phi) is 6.23. The number of carbonyl (C=O) groups excluding carboxylic acids is 1. The van der Waals surface area contributed by atoms with Gasteiger partial charge >= 0.3 is 0 Å². The Hall–Kier alpha value is -3.00. The zero-order valence-corrected chi connectivity index (χ0v) is 18.1. The molecule has 1 saturated heterocycles. The van der Waals surface area contributed by atoms with Crippen molar-refractivity contribution in [3.63, 3.8) is 0 Å². The molecule has 4 heterocycles. The molecule has 1 aliphatic rings. The van der Waals surface area contributed by atoms with Gasteiger partial charge in [0, 0.05) is 39.0 Å². The number of rotatable bonds is 6. The molecular formula is C22H26N6OS. The Morgan fingerprint density at radius 2 is 2.03 bits per heavy atom. The van der Waals surface area contributed by atoms with Crippen LogP contribution in [0.2, 0.25) is 0 Å². The van der Waals surface area contributed by atoms with E-state index in [9.17, 15) is 4.79 Å². The average molecular weight is 423 g/mol. The fourth-order valence-electron chi connectivity index (χ4n) is 3.52. The minimum atomic E-state index is 0.0457. The fourth-order valence-corrected chi connectivity index (χ4v) is 4.46. The molecule has 0 radical (unpaired) electrons. The first-order valence-corrected chi connectivity index (χ1v) is 11.0. The SMILES string of the molecule is CC(=O)NCC1CCN(c2ncc(-c3cccc(Nc4cc(C)ccn4)n3)s2)CC1. The number of nitrogens with one attached hydrogen (secondary N) is 2. The topological polar surface area (TPSA) is 83.0 Å². The van der Waals surface area contributed by atoms with Gasteiger partial charge in [0.1, 0.15) is 11.6 Å². The molecule has 0 unspecified atom stereocenters. The summed E-state index contributed by atoms with van der Waals surface area (Å²) in [7, 11) is 0. The fraction of sp³-hybridized carbons (Fsp3) is 0.364. The molecule has 3 aromatic heterocycles. The summed E-state index contributed by atoms with van der Waals surface area (Å²) >= 11 is 1.67. The first-order valence-electron chi connectivity index (χ1n) is 10.2. The number of amides is 1. The largest absolute Gasteiger partial charge is 0.356 e. The predicted octanol–water partition coefficient (Wildman–Crippen LogP) is 4.00. The molecule has 4 rings (SSSR count). The Bertz CT molecular complexity index is 1010. The van der Waals surface area contributed by atoms with Gasteiger partial charge in [-0.05, 0) is 55.5 Å². The van der Waals surface area contributed by atoms with E-state index >= 15 is 0 Å². The van der Waals surface area contributed by atoms with Crippen LogP contribution in [0.4, 0.5) is 16.8 Å². The second kappa shape index (κ2) is 9.21. The molecule has 156 valence electrons. The number of aromatic nitrogens is 3. The van der Waals surface area contributed by atoms with Gasteiger partial charge in [0.15, 0.2) is 5.13 Å². The minimum Gasteiger partial charge on any atom is -0.356 e. The molecule has 0 saturated carbocycles. The van der Waals surface area contributed by atoms with Crippen molar-refractivity contribution in [2.24, 2.45) is 5.92 Å². The zero-order valence-electron chi connectivity index (χ0n) is 17.3. The minimum absolute atomic E-state index is 0.0457. The number of thiazole rings is 1. The molecule has 1 aliphatic heterocycles. The van der Waals surface area contributed by atoms with Crippen LogP contribution >= 0.6 is 11.3 Å². The first kappa shape index (κ1) is 20.3. The van der Waals surface area contributed by atoms with Gasteiger partial charge in [0.2, 0.25) is 5.91 Å². The van der Waals surface area contributed by atoms with Gasteiger partial charge in [0.25, 0.3) is 0 Å². The van der Waals surface area contributed by atoms with Crippen LogP contribution in [-0.4, -0.2) is 40.5 Å². The second-order valence-corrected chi connectivity index (χ2v) is 8.64. The lowest BCUT2D eigenvalue weighted by molar-refractivity contribution is -0.119. The van der Waals surface area contributed by atoms with Gasteiger partial charge in [-0.2, -0.15) is 0 Å². The molecule has 30 heavy (non-hydrogen) atoms. The summed E-state index contributed by atoms with van der Waals surface area (Å²) in [4.78, 5) is 28.2. The summed E-state index contributed by atoms with van der Waals surface area (Å²) in [5.74, 6) is 2.14. The third-order valence-corrected chi connectivity index (χ3v) is 6.27. The normalized spacial score (nSPS) is 14.5. The number of hydrogen-bond acceptors (Lipinski definition) is 7. The maximum atomic E-state index is 11.1. The van der Waals surface area contributed by atoms with Crippen LogP contribution in [0.25, 0.3) is 10.6 Å². The molecule has 1 fully saturated rings. The summed E-state index contributed by atoms with van der Waals surface area (Å²) in [6.45, 7) is 6.31. The highest BCUT2D eigenvalue weighted by molar-refractivity contribution is 7.18. The molecule has 0 atom stereocenters. The first-order chi connectivity index (χ1) is 14.6. The number of piperidine rings is 1. The summed E-state index contributed by atoms with van der Waals surface area (Å²) in [6, 6.07) is 9.90. The van der Waals surface area contributed by atoms with E-state index in [2.05, 4.69) is 25.5 Å². The Balaban J connectivity index is 1.40. The van der Waals surface area contributed by atoms with Crippen molar-refractivity contribution in [2.45, 2.75) is 26.7 Å². The standard InChI is InChI=1S/C22H26N6OS/c1-15-6-9-23-21(12-15)27-20-5-3-4-18(26-20)19-14-25-22(30-19)28-10-7-17(8-11-28)13-24-16(2)29/h3-6,9,12,14,17H,7-8,10-11,13H2,1-2H3,(H,24,29)(H,23,26,27). The van der Waals surface area contributed by atoms with Crippen LogP contribution in [0.1, 0.15) is 25.3 Å². The molecule has 8 heteroatoms. The summed E-state index contributed by atoms with van der Waals surface area (Å²) in [6.07, 6.45) is 5.82. The van der Waals surface area contributed by atoms with E-state index in [1.165, 1.54) is 0 Å². The molecule has 0 aromatic carbocycles. The van der Waals surface area contributed by atoms with Crippen LogP contribution in [0, 0.1) is 12.8 Å². The summed E-state index contributed by atoms with van der Waals surface area (Å²) in [5.41, 5.74) is 2.05. The Labute approximate surface area is 180 Å². The maximum absolute atomic E-state index is 11.1. The third kappa shape index (κ3) is 5.13. The maximum Gasteiger partial charge on any atom is 0.216 e. The number of anilines is 3. The lowest BCUT2D eigenvalue weighted by atomic mass is 9.97. The van der Waals surface area contributed by atoms with E-state index in [4.69, 9.17) is 4.98 Å². The highest BCUT2D eigenvalue weighted by Crippen LogP contribution is 2.32. The van der Waals surface area contributed by atoms with Crippen molar-refractivity contribution in [3.8, 4) is 10.6 Å². The van der Waals surface area contributed by atoms with E-state index in [0.29, 0.717) is 5.92 Å². The van der Waals surface area contributed by atoms with Crippen LogP contribution in [-0.2, 0) is 4.79 Å². The average Bonchev–Trinajstić information content (AvgIpc) is 3.23. The van der Waals surface area contributed by atoms with E-state index in [0.717, 1.165) is 65.4 Å². The zero-order chi connectivity index (χ0) is 20.9. The number of carbonyl (C=O) groups is 1.